The third-order valence-electron chi connectivity index (χ3n) is 15.4. The molecule has 0 radical (unpaired) electrons. The summed E-state index contributed by atoms with van der Waals surface area (Å²) in [7, 11) is 0. The van der Waals surface area contributed by atoms with Crippen LogP contribution < -0.4 is 0 Å². The molecule has 0 aromatic heterocycles. The predicted molar refractivity (Wildman–Crippen MR) is 284 cm³/mol. The molecule has 2 aliphatic carbocycles. The van der Waals surface area contributed by atoms with E-state index >= 15 is 0 Å². The Morgan fingerprint density at radius 2 is 0.672 bits per heavy atom. The summed E-state index contributed by atoms with van der Waals surface area (Å²) in [6, 6.07) is 91.3. The zero-order valence-corrected chi connectivity index (χ0v) is 36.6. The number of fused-ring (bicyclic) bond motifs is 19. The molecule has 0 heteroatoms. The maximum atomic E-state index is 2.54. The van der Waals surface area contributed by atoms with Gasteiger partial charge >= 0.3 is 0 Å². The summed E-state index contributed by atoms with van der Waals surface area (Å²) in [5.41, 5.74) is 17.9. The first-order valence-electron chi connectivity index (χ1n) is 23.5. The molecule has 13 aromatic rings. The van der Waals surface area contributed by atoms with E-state index in [4.69, 9.17) is 0 Å². The number of hydrogen-bond donors (Lipinski definition) is 0. The van der Waals surface area contributed by atoms with Crippen LogP contribution in [0.2, 0.25) is 0 Å². The Labute approximate surface area is 388 Å². The van der Waals surface area contributed by atoms with Gasteiger partial charge in [0.1, 0.15) is 0 Å². The Morgan fingerprint density at radius 3 is 1.33 bits per heavy atom. The average molecular weight is 845 g/mol. The highest BCUT2D eigenvalue weighted by Crippen LogP contribution is 2.66. The van der Waals surface area contributed by atoms with Crippen molar-refractivity contribution in [3.63, 3.8) is 0 Å². The van der Waals surface area contributed by atoms with Crippen LogP contribution in [0.5, 0.6) is 0 Å². The second-order valence-electron chi connectivity index (χ2n) is 18.6. The van der Waals surface area contributed by atoms with E-state index in [0.717, 1.165) is 0 Å². The molecule has 0 amide bonds. The average Bonchev–Trinajstić information content (AvgIpc) is 3.86. The molecule has 0 fully saturated rings. The van der Waals surface area contributed by atoms with E-state index in [9.17, 15) is 0 Å². The van der Waals surface area contributed by atoms with Gasteiger partial charge in [0, 0.05) is 0 Å². The van der Waals surface area contributed by atoms with Crippen molar-refractivity contribution < 1.29 is 0 Å². The van der Waals surface area contributed by atoms with Crippen LogP contribution in [0.1, 0.15) is 22.3 Å². The third-order valence-corrected chi connectivity index (χ3v) is 15.4. The van der Waals surface area contributed by atoms with Crippen LogP contribution >= 0.6 is 0 Å². The first kappa shape index (κ1) is 36.7. The van der Waals surface area contributed by atoms with Crippen molar-refractivity contribution in [3.8, 4) is 55.6 Å². The van der Waals surface area contributed by atoms with E-state index in [0.29, 0.717) is 0 Å². The van der Waals surface area contributed by atoms with Crippen LogP contribution in [0, 0.1) is 0 Å². The molecule has 0 heterocycles. The van der Waals surface area contributed by atoms with E-state index in [2.05, 4.69) is 243 Å². The van der Waals surface area contributed by atoms with Gasteiger partial charge in [-0.1, -0.05) is 224 Å². The topological polar surface area (TPSA) is 0 Å². The fraction of sp³-hybridized carbons (Fsp3) is 0.0149. The lowest BCUT2D eigenvalue weighted by atomic mass is 9.69. The number of hydrogen-bond acceptors (Lipinski definition) is 0. The van der Waals surface area contributed by atoms with Gasteiger partial charge in [-0.25, -0.2) is 0 Å². The van der Waals surface area contributed by atoms with Crippen molar-refractivity contribution in [1.82, 2.24) is 0 Å². The van der Waals surface area contributed by atoms with E-state index in [1.165, 1.54) is 143 Å². The van der Waals surface area contributed by atoms with E-state index in [-0.39, 0.29) is 0 Å². The molecular weight excluding hydrogens is 805 g/mol. The summed E-state index contributed by atoms with van der Waals surface area (Å²) in [5, 5.41) is 15.4. The Morgan fingerprint density at radius 1 is 0.209 bits per heavy atom. The Bertz CT molecular complexity index is 4150. The lowest BCUT2D eigenvalue weighted by Crippen LogP contribution is -2.26. The van der Waals surface area contributed by atoms with Crippen molar-refractivity contribution >= 4 is 64.6 Å². The van der Waals surface area contributed by atoms with Gasteiger partial charge in [-0.15, -0.1) is 0 Å². The van der Waals surface area contributed by atoms with Crippen molar-refractivity contribution in [2.75, 3.05) is 0 Å². The molecule has 0 bridgehead atoms. The monoisotopic (exact) mass is 844 g/mol. The van der Waals surface area contributed by atoms with Gasteiger partial charge in [0.05, 0.1) is 5.41 Å². The molecule has 15 rings (SSSR count). The summed E-state index contributed by atoms with van der Waals surface area (Å²) in [5.74, 6) is 0. The van der Waals surface area contributed by atoms with Gasteiger partial charge in [0.15, 0.2) is 0 Å². The van der Waals surface area contributed by atoms with Crippen molar-refractivity contribution in [1.29, 1.82) is 0 Å². The smallest absolute Gasteiger partial charge is 0.0619 e. The summed E-state index contributed by atoms with van der Waals surface area (Å²) < 4.78 is 0. The lowest BCUT2D eigenvalue weighted by Gasteiger charge is -2.32. The van der Waals surface area contributed by atoms with Gasteiger partial charge < -0.3 is 0 Å². The highest BCUT2D eigenvalue weighted by molar-refractivity contribution is 6.24. The second kappa shape index (κ2) is 13.7. The van der Waals surface area contributed by atoms with Crippen molar-refractivity contribution in [2.45, 2.75) is 5.41 Å². The molecular formula is C67H40. The first-order chi connectivity index (χ1) is 33.3. The fourth-order valence-corrected chi connectivity index (χ4v) is 12.7. The minimum Gasteiger partial charge on any atom is -0.0619 e. The molecule has 1 spiro atoms. The van der Waals surface area contributed by atoms with Gasteiger partial charge in [-0.05, 0) is 161 Å². The number of benzene rings is 13. The first-order valence-corrected chi connectivity index (χ1v) is 23.5. The predicted octanol–water partition coefficient (Wildman–Crippen LogP) is 18.0. The lowest BCUT2D eigenvalue weighted by molar-refractivity contribution is 0.803. The molecule has 0 saturated carbocycles. The van der Waals surface area contributed by atoms with E-state index < -0.39 is 5.41 Å². The summed E-state index contributed by atoms with van der Waals surface area (Å²) in [4.78, 5) is 0. The summed E-state index contributed by atoms with van der Waals surface area (Å²) >= 11 is 0. The standard InChI is InChI=1S/C67H40/c1-2-18-47-42(16-1)17-15-29-52(47)64-56-26-8-6-24-54(56)63(55-25-7-9-27-57(55)64)43-34-32-41(33-35-43)44-36-37-45-39-59-62(40-46(45)38-44)67(60-30-13-11-21-50(60)51-22-12-14-31-61(51)67)66-58-28-10-4-20-49(58)48-19-3-5-23-53(48)65(59)66/h1-40H. The molecule has 0 saturated heterocycles. The Hall–Kier alpha value is -8.58. The zero-order valence-electron chi connectivity index (χ0n) is 36.6. The van der Waals surface area contributed by atoms with Gasteiger partial charge in [-0.2, -0.15) is 0 Å². The molecule has 13 aromatic carbocycles. The normalized spacial score (nSPS) is 13.2. The molecule has 0 nitrogen and oxygen atoms in total. The maximum Gasteiger partial charge on any atom is 0.0731 e. The van der Waals surface area contributed by atoms with Crippen LogP contribution in [-0.2, 0) is 5.41 Å². The van der Waals surface area contributed by atoms with Gasteiger partial charge in [-0.3, -0.25) is 0 Å². The summed E-state index contributed by atoms with van der Waals surface area (Å²) in [6.45, 7) is 0. The Kier molecular flexibility index (Phi) is 7.52. The van der Waals surface area contributed by atoms with Crippen LogP contribution in [-0.4, -0.2) is 0 Å². The van der Waals surface area contributed by atoms with Crippen molar-refractivity contribution in [3.05, 3.63) is 265 Å². The molecule has 2 aliphatic rings. The van der Waals surface area contributed by atoms with Gasteiger partial charge in [0.25, 0.3) is 0 Å². The van der Waals surface area contributed by atoms with Crippen LogP contribution in [0.3, 0.4) is 0 Å². The molecule has 0 N–H and O–H groups in total. The SMILES string of the molecule is c1ccc2c(c1)-c1ccccc1C21c2cc3cc(-c4ccc(-c5c6ccccc6c(-c6cccc7ccccc67)c6ccccc56)cc4)ccc3cc2-c2c1c1ccccc1c1ccccc21. The van der Waals surface area contributed by atoms with Crippen LogP contribution in [0.15, 0.2) is 243 Å². The maximum absolute atomic E-state index is 2.54. The molecule has 67 heavy (non-hydrogen) atoms. The molecule has 0 aliphatic heterocycles. The molecule has 308 valence electrons. The van der Waals surface area contributed by atoms with Crippen LogP contribution in [0.25, 0.3) is 120 Å². The highest BCUT2D eigenvalue weighted by Gasteiger charge is 2.53. The highest BCUT2D eigenvalue weighted by atomic mass is 14.5. The van der Waals surface area contributed by atoms with Gasteiger partial charge in [0.2, 0.25) is 0 Å². The zero-order chi connectivity index (χ0) is 43.8. The Balaban J connectivity index is 0.923. The number of rotatable bonds is 3. The molecule has 0 unspecified atom stereocenters. The minimum atomic E-state index is -0.470. The second-order valence-corrected chi connectivity index (χ2v) is 18.6. The van der Waals surface area contributed by atoms with Crippen LogP contribution in [0.4, 0.5) is 0 Å². The van der Waals surface area contributed by atoms with Crippen molar-refractivity contribution in [2.24, 2.45) is 0 Å². The summed E-state index contributed by atoms with van der Waals surface area (Å²) in [6.07, 6.45) is 0. The quantitative estimate of drug-likeness (QED) is 0.123. The third kappa shape index (κ3) is 4.92. The fourth-order valence-electron chi connectivity index (χ4n) is 12.7. The minimum absolute atomic E-state index is 0.470. The van der Waals surface area contributed by atoms with E-state index in [1.807, 2.05) is 0 Å². The largest absolute Gasteiger partial charge is 0.0731 e. The van der Waals surface area contributed by atoms with E-state index in [1.54, 1.807) is 0 Å². The molecule has 0 atom stereocenters.